The second kappa shape index (κ2) is 5.15. The van der Waals surface area contributed by atoms with Crippen LogP contribution in [0.5, 0.6) is 0 Å². The van der Waals surface area contributed by atoms with Gasteiger partial charge in [0.15, 0.2) is 0 Å². The second-order valence-corrected chi connectivity index (χ2v) is 4.67. The van der Waals surface area contributed by atoms with E-state index in [1.54, 1.807) is 7.11 Å². The fourth-order valence-corrected chi connectivity index (χ4v) is 2.20. The third-order valence-corrected chi connectivity index (χ3v) is 3.35. The summed E-state index contributed by atoms with van der Waals surface area (Å²) in [5.74, 6) is 6.25. The third kappa shape index (κ3) is 2.55. The van der Waals surface area contributed by atoms with Crippen LogP contribution in [0.1, 0.15) is 24.4 Å². The molecule has 0 spiro atoms. The lowest BCUT2D eigenvalue weighted by molar-refractivity contribution is 0.0507. The number of hydrogen-bond acceptors (Lipinski definition) is 3. The molecule has 1 fully saturated rings. The lowest BCUT2D eigenvalue weighted by Gasteiger charge is -2.25. The molecule has 16 heavy (non-hydrogen) atoms. The average Bonchev–Trinajstić information content (AvgIpc) is 3.11. The van der Waals surface area contributed by atoms with Crippen LogP contribution in [-0.2, 0) is 4.74 Å². The lowest BCUT2D eigenvalue weighted by atomic mass is 9.99. The fourth-order valence-electron chi connectivity index (χ4n) is 2.08. The molecule has 2 rings (SSSR count). The summed E-state index contributed by atoms with van der Waals surface area (Å²) in [7, 11) is 1.74. The fraction of sp³-hybridized carbons (Fsp3) is 0.500. The number of halogens is 1. The molecule has 3 N–H and O–H groups in total. The van der Waals surface area contributed by atoms with Gasteiger partial charge in [0, 0.05) is 12.1 Å². The minimum absolute atomic E-state index is 0.0368. The van der Waals surface area contributed by atoms with Crippen molar-refractivity contribution in [3.8, 4) is 0 Å². The largest absolute Gasteiger partial charge is 0.379 e. The van der Waals surface area contributed by atoms with Crippen molar-refractivity contribution in [3.05, 3.63) is 34.9 Å². The third-order valence-electron chi connectivity index (χ3n) is 3.10. The van der Waals surface area contributed by atoms with Gasteiger partial charge in [-0.25, -0.2) is 0 Å². The molecule has 1 aromatic carbocycles. The molecule has 1 aromatic rings. The predicted molar refractivity (Wildman–Crippen MR) is 65.0 cm³/mol. The molecule has 2 atom stereocenters. The number of methoxy groups -OCH3 is 1. The zero-order valence-corrected chi connectivity index (χ0v) is 10.1. The number of hydrogen-bond donors (Lipinski definition) is 2. The van der Waals surface area contributed by atoms with Crippen LogP contribution in [0, 0.1) is 5.92 Å². The molecule has 0 saturated heterocycles. The van der Waals surface area contributed by atoms with Gasteiger partial charge in [0.2, 0.25) is 0 Å². The molecule has 1 aliphatic carbocycles. The van der Waals surface area contributed by atoms with Crippen LogP contribution < -0.4 is 11.3 Å². The van der Waals surface area contributed by atoms with Gasteiger partial charge in [-0.1, -0.05) is 23.7 Å². The molecule has 0 heterocycles. The number of nitrogens with one attached hydrogen (secondary N) is 1. The maximum absolute atomic E-state index is 5.86. The van der Waals surface area contributed by atoms with Crippen molar-refractivity contribution >= 4 is 11.6 Å². The van der Waals surface area contributed by atoms with Gasteiger partial charge in [-0.3, -0.25) is 11.3 Å². The minimum atomic E-state index is 0.0368. The van der Waals surface area contributed by atoms with Crippen molar-refractivity contribution in [2.24, 2.45) is 11.8 Å². The molecule has 1 saturated carbocycles. The summed E-state index contributed by atoms with van der Waals surface area (Å²) >= 11 is 5.86. The monoisotopic (exact) mass is 240 g/mol. The quantitative estimate of drug-likeness (QED) is 0.613. The van der Waals surface area contributed by atoms with Crippen LogP contribution in [0.25, 0.3) is 0 Å². The van der Waals surface area contributed by atoms with Crippen molar-refractivity contribution < 1.29 is 4.74 Å². The Morgan fingerprint density at radius 1 is 1.38 bits per heavy atom. The minimum Gasteiger partial charge on any atom is -0.379 e. The zero-order valence-electron chi connectivity index (χ0n) is 9.32. The number of rotatable bonds is 5. The maximum Gasteiger partial charge on any atom is 0.0806 e. The van der Waals surface area contributed by atoms with E-state index >= 15 is 0 Å². The van der Waals surface area contributed by atoms with Gasteiger partial charge in [0.05, 0.1) is 12.1 Å². The van der Waals surface area contributed by atoms with Gasteiger partial charge in [-0.2, -0.15) is 0 Å². The van der Waals surface area contributed by atoms with E-state index < -0.39 is 0 Å². The first-order valence-electron chi connectivity index (χ1n) is 5.50. The first-order valence-corrected chi connectivity index (χ1v) is 5.88. The highest BCUT2D eigenvalue weighted by Gasteiger charge is 2.37. The van der Waals surface area contributed by atoms with E-state index in [2.05, 4.69) is 5.43 Å². The van der Waals surface area contributed by atoms with Gasteiger partial charge in [-0.15, -0.1) is 0 Å². The molecule has 0 aliphatic heterocycles. The van der Waals surface area contributed by atoms with Gasteiger partial charge < -0.3 is 4.74 Å². The Balaban J connectivity index is 2.16. The van der Waals surface area contributed by atoms with Crippen molar-refractivity contribution in [2.45, 2.75) is 25.0 Å². The molecule has 4 heteroatoms. The molecule has 0 radical (unpaired) electrons. The summed E-state index contributed by atoms with van der Waals surface area (Å²) in [6.45, 7) is 0. The SMILES string of the molecule is COC(C1CC1)C(NN)c1ccc(Cl)cc1. The number of nitrogens with two attached hydrogens (primary N) is 1. The zero-order chi connectivity index (χ0) is 11.5. The summed E-state index contributed by atoms with van der Waals surface area (Å²) in [5, 5.41) is 0.736. The highest BCUT2D eigenvalue weighted by Crippen LogP contribution is 2.39. The van der Waals surface area contributed by atoms with Crippen molar-refractivity contribution in [1.82, 2.24) is 5.43 Å². The van der Waals surface area contributed by atoms with Crippen LogP contribution in [0.3, 0.4) is 0 Å². The number of ether oxygens (including phenoxy) is 1. The van der Waals surface area contributed by atoms with Crippen LogP contribution >= 0.6 is 11.6 Å². The molecule has 2 unspecified atom stereocenters. The van der Waals surface area contributed by atoms with Crippen LogP contribution in [0.2, 0.25) is 5.02 Å². The standard InChI is InChI=1S/C12H17ClN2O/c1-16-12(9-2-3-9)11(15-14)8-4-6-10(13)7-5-8/h4-7,9,11-12,15H,2-3,14H2,1H3. The van der Waals surface area contributed by atoms with Crippen molar-refractivity contribution in [3.63, 3.8) is 0 Å². The Hall–Kier alpha value is -0.610. The highest BCUT2D eigenvalue weighted by molar-refractivity contribution is 6.30. The molecule has 0 amide bonds. The van der Waals surface area contributed by atoms with Gasteiger partial charge >= 0.3 is 0 Å². The topological polar surface area (TPSA) is 47.3 Å². The van der Waals surface area contributed by atoms with E-state index in [0.717, 1.165) is 10.6 Å². The molecule has 3 nitrogen and oxygen atoms in total. The first kappa shape index (κ1) is 11.9. The van der Waals surface area contributed by atoms with Gasteiger partial charge in [0.25, 0.3) is 0 Å². The van der Waals surface area contributed by atoms with E-state index in [9.17, 15) is 0 Å². The van der Waals surface area contributed by atoms with Crippen LogP contribution in [0.15, 0.2) is 24.3 Å². The van der Waals surface area contributed by atoms with E-state index in [4.69, 9.17) is 22.2 Å². The Kier molecular flexibility index (Phi) is 3.82. The normalized spacial score (nSPS) is 19.4. The second-order valence-electron chi connectivity index (χ2n) is 4.23. The number of benzene rings is 1. The Morgan fingerprint density at radius 2 is 2.00 bits per heavy atom. The van der Waals surface area contributed by atoms with Gasteiger partial charge in [-0.05, 0) is 36.5 Å². The average molecular weight is 241 g/mol. The molecule has 0 bridgehead atoms. The molecule has 0 aromatic heterocycles. The maximum atomic E-state index is 5.86. The summed E-state index contributed by atoms with van der Waals surface area (Å²) < 4.78 is 5.54. The number of hydrazine groups is 1. The van der Waals surface area contributed by atoms with E-state index in [0.29, 0.717) is 5.92 Å². The lowest BCUT2D eigenvalue weighted by Crippen LogP contribution is -2.38. The smallest absolute Gasteiger partial charge is 0.0806 e. The summed E-state index contributed by atoms with van der Waals surface area (Å²) in [6.07, 6.45) is 2.60. The first-order chi connectivity index (χ1) is 7.76. The summed E-state index contributed by atoms with van der Waals surface area (Å²) in [6, 6.07) is 7.76. The summed E-state index contributed by atoms with van der Waals surface area (Å²) in [4.78, 5) is 0. The van der Waals surface area contributed by atoms with Crippen molar-refractivity contribution in [1.29, 1.82) is 0 Å². The van der Waals surface area contributed by atoms with E-state index in [1.165, 1.54) is 12.8 Å². The Bertz CT molecular complexity index is 337. The highest BCUT2D eigenvalue weighted by atomic mass is 35.5. The molecule has 88 valence electrons. The van der Waals surface area contributed by atoms with Gasteiger partial charge in [0.1, 0.15) is 0 Å². The molecule has 1 aliphatic rings. The van der Waals surface area contributed by atoms with Crippen LogP contribution in [-0.4, -0.2) is 13.2 Å². The Labute approximate surface area is 101 Å². The van der Waals surface area contributed by atoms with Crippen molar-refractivity contribution in [2.75, 3.05) is 7.11 Å². The summed E-state index contributed by atoms with van der Waals surface area (Å²) in [5.41, 5.74) is 3.96. The predicted octanol–water partition coefficient (Wildman–Crippen LogP) is 2.27. The Morgan fingerprint density at radius 3 is 2.44 bits per heavy atom. The van der Waals surface area contributed by atoms with E-state index in [1.807, 2.05) is 24.3 Å². The van der Waals surface area contributed by atoms with Crippen LogP contribution in [0.4, 0.5) is 0 Å². The molecular weight excluding hydrogens is 224 g/mol. The van der Waals surface area contributed by atoms with E-state index in [-0.39, 0.29) is 12.1 Å². The molecular formula is C12H17ClN2O.